The topological polar surface area (TPSA) is 25.2 Å². The summed E-state index contributed by atoms with van der Waals surface area (Å²) in [4.78, 5) is 9.61. The van der Waals surface area contributed by atoms with E-state index in [9.17, 15) is 0 Å². The van der Waals surface area contributed by atoms with Crippen LogP contribution >= 0.6 is 38.9 Å². The number of hydrogen-bond donors (Lipinski definition) is 0. The number of rotatable bonds is 4. The van der Waals surface area contributed by atoms with Crippen LogP contribution < -0.4 is 0 Å². The highest BCUT2D eigenvalue weighted by Gasteiger charge is 2.15. The van der Waals surface area contributed by atoms with Gasteiger partial charge in [-0.25, -0.2) is 9.98 Å². The van der Waals surface area contributed by atoms with Gasteiger partial charge in [0.1, 0.15) is 20.9 Å². The zero-order chi connectivity index (χ0) is 19.5. The molecule has 0 saturated heterocycles. The molecule has 28 heavy (non-hydrogen) atoms. The lowest BCUT2D eigenvalue weighted by molar-refractivity contribution is 1.38. The summed E-state index contributed by atoms with van der Waals surface area (Å²) >= 11 is 11.5. The van der Waals surface area contributed by atoms with Crippen LogP contribution in [0.4, 0.5) is 5.00 Å². The number of hydrogen-bond acceptors (Lipinski definition) is 3. The minimum atomic E-state index is 0.448. The summed E-state index contributed by atoms with van der Waals surface area (Å²) in [5.74, 6) is 0. The molecule has 0 bridgehead atoms. The first-order valence-electron chi connectivity index (χ1n) is 8.73. The van der Waals surface area contributed by atoms with Gasteiger partial charge in [-0.2, -0.15) is 0 Å². The highest BCUT2D eigenvalue weighted by atomic mass is 79.9. The van der Waals surface area contributed by atoms with Gasteiger partial charge in [0.2, 0.25) is 0 Å². The van der Waals surface area contributed by atoms with Gasteiger partial charge in [0.15, 0.2) is 0 Å². The minimum absolute atomic E-state index is 0.448. The van der Waals surface area contributed by atoms with E-state index in [-0.39, 0.29) is 0 Å². The molecule has 4 aromatic rings. The first kappa shape index (κ1) is 19.1. The number of benzene rings is 3. The Morgan fingerprint density at radius 2 is 1.57 bits per heavy atom. The van der Waals surface area contributed by atoms with Crippen molar-refractivity contribution >= 4 is 49.0 Å². The second-order valence-electron chi connectivity index (χ2n) is 6.31. The molecule has 5 heteroatoms. The van der Waals surface area contributed by atoms with Gasteiger partial charge in [0, 0.05) is 21.2 Å². The highest BCUT2D eigenvalue weighted by Crippen LogP contribution is 2.40. The molecule has 0 aliphatic heterocycles. The Morgan fingerprint density at radius 1 is 0.893 bits per heavy atom. The summed E-state index contributed by atoms with van der Waals surface area (Å²) in [7, 11) is 0. The van der Waals surface area contributed by atoms with E-state index in [0.717, 1.165) is 36.9 Å². The molecule has 138 valence electrons. The van der Waals surface area contributed by atoms with Crippen molar-refractivity contribution in [3.63, 3.8) is 0 Å². The van der Waals surface area contributed by atoms with Crippen molar-refractivity contribution in [2.45, 2.75) is 6.92 Å². The van der Waals surface area contributed by atoms with E-state index in [0.29, 0.717) is 5.17 Å². The van der Waals surface area contributed by atoms with E-state index < -0.39 is 0 Å². The average Bonchev–Trinajstić information content (AvgIpc) is 3.13. The number of aliphatic imine (C=N–C) groups is 1. The van der Waals surface area contributed by atoms with Crippen LogP contribution in [0.25, 0.3) is 21.8 Å². The summed E-state index contributed by atoms with van der Waals surface area (Å²) in [6.45, 7) is 2.07. The second kappa shape index (κ2) is 8.39. The van der Waals surface area contributed by atoms with Crippen LogP contribution in [0.3, 0.4) is 0 Å². The van der Waals surface area contributed by atoms with Gasteiger partial charge in [-0.05, 0) is 19.1 Å². The molecule has 0 amide bonds. The quantitative estimate of drug-likeness (QED) is 0.280. The fourth-order valence-electron chi connectivity index (χ4n) is 2.73. The van der Waals surface area contributed by atoms with Crippen LogP contribution in [-0.4, -0.2) is 10.2 Å². The highest BCUT2D eigenvalue weighted by molar-refractivity contribution is 9.10. The van der Waals surface area contributed by atoms with E-state index in [1.165, 1.54) is 5.56 Å². The first-order chi connectivity index (χ1) is 13.6. The van der Waals surface area contributed by atoms with Gasteiger partial charge in [0.25, 0.3) is 0 Å². The van der Waals surface area contributed by atoms with E-state index in [1.807, 2.05) is 42.5 Å². The van der Waals surface area contributed by atoms with Crippen LogP contribution in [0.15, 0.2) is 88.3 Å². The average molecular weight is 468 g/mol. The Morgan fingerprint density at radius 3 is 2.25 bits per heavy atom. The molecular formula is C23H16BrClN2S. The number of thiazole rings is 1. The lowest BCUT2D eigenvalue weighted by Gasteiger charge is -2.02. The number of nitrogens with zero attached hydrogens (tertiary/aromatic N) is 2. The Bertz CT molecular complexity index is 1120. The van der Waals surface area contributed by atoms with Gasteiger partial charge in [-0.1, -0.05) is 111 Å². The number of halogens is 2. The molecule has 3 aromatic carbocycles. The van der Waals surface area contributed by atoms with Crippen molar-refractivity contribution in [2.24, 2.45) is 4.99 Å². The summed E-state index contributed by atoms with van der Waals surface area (Å²) < 4.78 is 1.00. The predicted molar refractivity (Wildman–Crippen MR) is 124 cm³/mol. The van der Waals surface area contributed by atoms with Crippen LogP contribution in [0.2, 0.25) is 0 Å². The van der Waals surface area contributed by atoms with Crippen LogP contribution in [0.1, 0.15) is 11.1 Å². The van der Waals surface area contributed by atoms with Gasteiger partial charge in [-0.15, -0.1) is 0 Å². The van der Waals surface area contributed by atoms with E-state index in [2.05, 4.69) is 59.3 Å². The largest absolute Gasteiger partial charge is 0.234 e. The molecule has 0 fully saturated rings. The van der Waals surface area contributed by atoms with E-state index in [1.54, 1.807) is 11.3 Å². The third-order valence-electron chi connectivity index (χ3n) is 4.24. The molecule has 0 atom stereocenters. The molecule has 0 radical (unpaired) electrons. The summed E-state index contributed by atoms with van der Waals surface area (Å²) in [5.41, 5.74) is 5.03. The minimum Gasteiger partial charge on any atom is -0.234 e. The zero-order valence-electron chi connectivity index (χ0n) is 15.1. The Kier molecular flexibility index (Phi) is 5.72. The van der Waals surface area contributed by atoms with Crippen molar-refractivity contribution in [2.75, 3.05) is 0 Å². The van der Waals surface area contributed by atoms with Crippen molar-refractivity contribution in [1.29, 1.82) is 0 Å². The maximum absolute atomic E-state index is 6.55. The van der Waals surface area contributed by atoms with Crippen molar-refractivity contribution in [3.05, 3.63) is 94.5 Å². The van der Waals surface area contributed by atoms with Gasteiger partial charge < -0.3 is 0 Å². The fraction of sp³-hybridized carbons (Fsp3) is 0.0435. The summed E-state index contributed by atoms with van der Waals surface area (Å²) in [6, 6.07) is 26.3. The molecule has 4 rings (SSSR count). The molecule has 0 spiro atoms. The predicted octanol–water partition coefficient (Wildman–Crippen LogP) is 7.87. The normalized spacial score (nSPS) is 11.6. The molecule has 1 aromatic heterocycles. The third-order valence-corrected chi connectivity index (χ3v) is 6.07. The van der Waals surface area contributed by atoms with Crippen molar-refractivity contribution in [3.8, 4) is 21.8 Å². The van der Waals surface area contributed by atoms with Gasteiger partial charge in [-0.3, -0.25) is 0 Å². The third kappa shape index (κ3) is 4.25. The Hall–Kier alpha value is -2.27. The van der Waals surface area contributed by atoms with Gasteiger partial charge in [0.05, 0.1) is 0 Å². The maximum Gasteiger partial charge on any atom is 0.146 e. The summed E-state index contributed by atoms with van der Waals surface area (Å²) in [5, 5.41) is 2.18. The van der Waals surface area contributed by atoms with E-state index in [4.69, 9.17) is 21.6 Å². The number of aromatic nitrogens is 1. The smallest absolute Gasteiger partial charge is 0.146 e. The first-order valence-corrected chi connectivity index (χ1v) is 10.7. The standard InChI is InChI=1S/C23H16BrClN2S/c1-15-7-9-16(10-8-15)20-23(27-21(25)17-11-13-19(24)14-12-17)28-22(26-20)18-5-3-2-4-6-18/h2-14H,1H3. The molecule has 0 N–H and O–H groups in total. The second-order valence-corrected chi connectivity index (χ2v) is 8.57. The van der Waals surface area contributed by atoms with Crippen LogP contribution in [0.5, 0.6) is 0 Å². The number of aryl methyl sites for hydroxylation is 1. The lowest BCUT2D eigenvalue weighted by atomic mass is 10.1. The molecular weight excluding hydrogens is 452 g/mol. The van der Waals surface area contributed by atoms with Crippen LogP contribution in [0, 0.1) is 6.92 Å². The van der Waals surface area contributed by atoms with Gasteiger partial charge >= 0.3 is 0 Å². The monoisotopic (exact) mass is 466 g/mol. The lowest BCUT2D eigenvalue weighted by Crippen LogP contribution is -1.89. The van der Waals surface area contributed by atoms with Crippen molar-refractivity contribution in [1.82, 2.24) is 4.98 Å². The fourth-order valence-corrected chi connectivity index (χ4v) is 4.23. The van der Waals surface area contributed by atoms with E-state index >= 15 is 0 Å². The van der Waals surface area contributed by atoms with Crippen LogP contribution in [-0.2, 0) is 0 Å². The molecule has 0 aliphatic rings. The summed E-state index contributed by atoms with van der Waals surface area (Å²) in [6.07, 6.45) is 0. The maximum atomic E-state index is 6.55. The molecule has 0 unspecified atom stereocenters. The molecule has 0 saturated carbocycles. The zero-order valence-corrected chi connectivity index (χ0v) is 18.2. The van der Waals surface area contributed by atoms with Crippen molar-refractivity contribution < 1.29 is 0 Å². The Balaban J connectivity index is 1.82. The Labute approximate surface area is 181 Å². The molecule has 0 aliphatic carbocycles. The molecule has 2 nitrogen and oxygen atoms in total. The SMILES string of the molecule is Cc1ccc(-c2nc(-c3ccccc3)sc2N=C(Cl)c2ccc(Br)cc2)cc1. The molecule has 1 heterocycles.